The van der Waals surface area contributed by atoms with Crippen molar-refractivity contribution in [1.82, 2.24) is 15.1 Å². The van der Waals surface area contributed by atoms with E-state index < -0.39 is 0 Å². The number of hydrogen-bond donors (Lipinski definition) is 1. The van der Waals surface area contributed by atoms with Gasteiger partial charge in [0, 0.05) is 11.9 Å². The molecule has 1 unspecified atom stereocenters. The van der Waals surface area contributed by atoms with Gasteiger partial charge in [0.15, 0.2) is 0 Å². The number of hydrogen-bond acceptors (Lipinski definition) is 3. The lowest BCUT2D eigenvalue weighted by Gasteiger charge is -2.17. The van der Waals surface area contributed by atoms with E-state index >= 15 is 0 Å². The average molecular weight is 290 g/mol. The SMILES string of the molecule is CCNC(c1ccc(Cl)s1)c1c(Cl)cnn1C. The molecule has 0 amide bonds. The maximum absolute atomic E-state index is 6.18. The summed E-state index contributed by atoms with van der Waals surface area (Å²) in [5.74, 6) is 0. The Hall–Kier alpha value is -0.550. The first kappa shape index (κ1) is 12.9. The van der Waals surface area contributed by atoms with Gasteiger partial charge in [-0.3, -0.25) is 4.68 Å². The molecule has 2 aromatic heterocycles. The number of nitrogens with zero attached hydrogens (tertiary/aromatic N) is 2. The van der Waals surface area contributed by atoms with Gasteiger partial charge < -0.3 is 5.32 Å². The number of halogens is 2. The number of aryl methyl sites for hydroxylation is 1. The quantitative estimate of drug-likeness (QED) is 0.934. The van der Waals surface area contributed by atoms with Crippen LogP contribution in [0.1, 0.15) is 23.5 Å². The van der Waals surface area contributed by atoms with Crippen LogP contribution in [0.5, 0.6) is 0 Å². The highest BCUT2D eigenvalue weighted by molar-refractivity contribution is 7.16. The van der Waals surface area contributed by atoms with Gasteiger partial charge >= 0.3 is 0 Å². The Morgan fingerprint density at radius 1 is 1.47 bits per heavy atom. The first-order valence-corrected chi connectivity index (χ1v) is 6.86. The predicted octanol–water partition coefficient (Wildman–Crippen LogP) is 3.49. The van der Waals surface area contributed by atoms with E-state index in [1.165, 1.54) is 0 Å². The van der Waals surface area contributed by atoms with E-state index in [0.29, 0.717) is 5.02 Å². The van der Waals surface area contributed by atoms with Crippen LogP contribution in [0.15, 0.2) is 18.3 Å². The van der Waals surface area contributed by atoms with E-state index in [4.69, 9.17) is 23.2 Å². The summed E-state index contributed by atoms with van der Waals surface area (Å²) in [6.07, 6.45) is 1.66. The molecule has 1 N–H and O–H groups in total. The predicted molar refractivity (Wildman–Crippen MR) is 73.1 cm³/mol. The standard InChI is InChI=1S/C11H13Cl2N3S/c1-3-14-10(8-4-5-9(13)17-8)11-7(12)6-15-16(11)2/h4-6,10,14H,3H2,1-2H3. The lowest BCUT2D eigenvalue weighted by Crippen LogP contribution is -2.23. The van der Waals surface area contributed by atoms with E-state index in [1.807, 2.05) is 19.2 Å². The van der Waals surface area contributed by atoms with Crippen molar-refractivity contribution < 1.29 is 0 Å². The minimum absolute atomic E-state index is 0.0394. The highest BCUT2D eigenvalue weighted by Crippen LogP contribution is 2.33. The van der Waals surface area contributed by atoms with Crippen LogP contribution in [-0.4, -0.2) is 16.3 Å². The minimum atomic E-state index is 0.0394. The molecule has 0 saturated heterocycles. The van der Waals surface area contributed by atoms with Crippen LogP contribution in [0.3, 0.4) is 0 Å². The Labute approximate surface area is 114 Å². The van der Waals surface area contributed by atoms with Crippen molar-refractivity contribution in [2.24, 2.45) is 7.05 Å². The second kappa shape index (κ2) is 5.40. The Balaban J connectivity index is 2.42. The Morgan fingerprint density at radius 3 is 2.71 bits per heavy atom. The summed E-state index contributed by atoms with van der Waals surface area (Å²) in [6, 6.07) is 3.96. The molecule has 0 aromatic carbocycles. The molecule has 0 aliphatic rings. The summed E-state index contributed by atoms with van der Waals surface area (Å²) in [5, 5.41) is 8.24. The second-order valence-electron chi connectivity index (χ2n) is 3.63. The van der Waals surface area contributed by atoms with Crippen molar-refractivity contribution in [2.45, 2.75) is 13.0 Å². The topological polar surface area (TPSA) is 29.9 Å². The number of aromatic nitrogens is 2. The van der Waals surface area contributed by atoms with E-state index in [2.05, 4.69) is 17.3 Å². The third-order valence-corrected chi connectivity index (χ3v) is 4.09. The molecule has 6 heteroatoms. The first-order chi connectivity index (χ1) is 8.13. The zero-order chi connectivity index (χ0) is 12.4. The number of thiophene rings is 1. The van der Waals surface area contributed by atoms with Gasteiger partial charge in [-0.15, -0.1) is 11.3 Å². The molecule has 1 atom stereocenters. The smallest absolute Gasteiger partial charge is 0.0931 e. The van der Waals surface area contributed by atoms with Crippen molar-refractivity contribution in [3.8, 4) is 0 Å². The van der Waals surface area contributed by atoms with Crippen LogP contribution >= 0.6 is 34.5 Å². The zero-order valence-electron chi connectivity index (χ0n) is 9.58. The van der Waals surface area contributed by atoms with Crippen LogP contribution in [0.2, 0.25) is 9.36 Å². The molecule has 2 rings (SSSR count). The zero-order valence-corrected chi connectivity index (χ0v) is 11.9. The monoisotopic (exact) mass is 289 g/mol. The van der Waals surface area contributed by atoms with Crippen molar-refractivity contribution in [3.05, 3.63) is 38.3 Å². The number of nitrogens with one attached hydrogen (secondary N) is 1. The fourth-order valence-corrected chi connectivity index (χ4v) is 3.18. The van der Waals surface area contributed by atoms with Gasteiger partial charge in [-0.25, -0.2) is 0 Å². The molecule has 2 heterocycles. The lowest BCUT2D eigenvalue weighted by molar-refractivity contribution is 0.579. The molecule has 0 bridgehead atoms. The van der Waals surface area contributed by atoms with Crippen molar-refractivity contribution in [1.29, 1.82) is 0 Å². The molecule has 0 saturated carbocycles. The van der Waals surface area contributed by atoms with Crippen molar-refractivity contribution in [3.63, 3.8) is 0 Å². The molecule has 0 radical (unpaired) electrons. The normalized spacial score (nSPS) is 12.9. The van der Waals surface area contributed by atoms with Crippen LogP contribution in [0.25, 0.3) is 0 Å². The molecule has 17 heavy (non-hydrogen) atoms. The van der Waals surface area contributed by atoms with Gasteiger partial charge in [-0.05, 0) is 18.7 Å². The van der Waals surface area contributed by atoms with Gasteiger partial charge in [0.25, 0.3) is 0 Å². The average Bonchev–Trinajstić information content (AvgIpc) is 2.84. The van der Waals surface area contributed by atoms with Gasteiger partial charge in [-0.1, -0.05) is 30.1 Å². The molecule has 0 spiro atoms. The number of rotatable bonds is 4. The van der Waals surface area contributed by atoms with Gasteiger partial charge in [0.05, 0.1) is 27.3 Å². The van der Waals surface area contributed by atoms with Gasteiger partial charge in [0.1, 0.15) is 0 Å². The second-order valence-corrected chi connectivity index (χ2v) is 5.79. The Kier molecular flexibility index (Phi) is 4.09. The van der Waals surface area contributed by atoms with E-state index in [1.54, 1.807) is 22.2 Å². The van der Waals surface area contributed by atoms with Crippen LogP contribution in [-0.2, 0) is 7.05 Å². The molecule has 0 aliphatic carbocycles. The molecular formula is C11H13Cl2N3S. The van der Waals surface area contributed by atoms with E-state index in [-0.39, 0.29) is 6.04 Å². The summed E-state index contributed by atoms with van der Waals surface area (Å²) >= 11 is 13.7. The molecule has 0 fully saturated rings. The Bertz CT molecular complexity index is 487. The van der Waals surface area contributed by atoms with Crippen molar-refractivity contribution >= 4 is 34.5 Å². The molecule has 3 nitrogen and oxygen atoms in total. The van der Waals surface area contributed by atoms with E-state index in [0.717, 1.165) is 21.5 Å². The highest BCUT2D eigenvalue weighted by Gasteiger charge is 2.21. The van der Waals surface area contributed by atoms with Gasteiger partial charge in [0.2, 0.25) is 0 Å². The maximum Gasteiger partial charge on any atom is 0.0931 e. The maximum atomic E-state index is 6.18. The summed E-state index contributed by atoms with van der Waals surface area (Å²) < 4.78 is 2.57. The van der Waals surface area contributed by atoms with Crippen LogP contribution < -0.4 is 5.32 Å². The summed E-state index contributed by atoms with van der Waals surface area (Å²) in [5.41, 5.74) is 0.965. The van der Waals surface area contributed by atoms with Crippen LogP contribution in [0.4, 0.5) is 0 Å². The largest absolute Gasteiger partial charge is 0.305 e. The summed E-state index contributed by atoms with van der Waals surface area (Å²) in [7, 11) is 1.89. The first-order valence-electron chi connectivity index (χ1n) is 5.29. The van der Waals surface area contributed by atoms with Crippen molar-refractivity contribution in [2.75, 3.05) is 6.54 Å². The van der Waals surface area contributed by atoms with E-state index in [9.17, 15) is 0 Å². The molecule has 0 aliphatic heterocycles. The third-order valence-electron chi connectivity index (χ3n) is 2.50. The fraction of sp³-hybridized carbons (Fsp3) is 0.364. The summed E-state index contributed by atoms with van der Waals surface area (Å²) in [4.78, 5) is 1.14. The fourth-order valence-electron chi connectivity index (χ4n) is 1.76. The molecule has 92 valence electrons. The van der Waals surface area contributed by atoms with Gasteiger partial charge in [-0.2, -0.15) is 5.10 Å². The minimum Gasteiger partial charge on any atom is -0.305 e. The molecular weight excluding hydrogens is 277 g/mol. The lowest BCUT2D eigenvalue weighted by atomic mass is 10.1. The highest BCUT2D eigenvalue weighted by atomic mass is 35.5. The molecule has 2 aromatic rings. The summed E-state index contributed by atoms with van der Waals surface area (Å²) in [6.45, 7) is 2.91. The Morgan fingerprint density at radius 2 is 2.24 bits per heavy atom. The van der Waals surface area contributed by atoms with Crippen LogP contribution in [0, 0.1) is 0 Å². The third kappa shape index (κ3) is 2.65.